The molecule has 0 aromatic heterocycles. The van der Waals surface area contributed by atoms with Crippen LogP contribution in [0, 0.1) is 0 Å². The third-order valence-electron chi connectivity index (χ3n) is 1.91. The van der Waals surface area contributed by atoms with Gasteiger partial charge in [-0.05, 0) is 33.7 Å². The highest BCUT2D eigenvalue weighted by Gasteiger charge is 2.17. The van der Waals surface area contributed by atoms with Gasteiger partial charge in [-0.1, -0.05) is 6.92 Å². The van der Waals surface area contributed by atoms with Crippen LogP contribution in [0.15, 0.2) is 0 Å². The van der Waals surface area contributed by atoms with Crippen LogP contribution in [0.4, 0.5) is 0 Å². The molecular weight excluding hydrogens is 166 g/mol. The number of hydrogen-bond acceptors (Lipinski definition) is 3. The Labute approximate surface area is 80.8 Å². The predicted octanol–water partition coefficient (Wildman–Crippen LogP) is 1.72. The van der Waals surface area contributed by atoms with E-state index in [4.69, 9.17) is 4.74 Å². The average Bonchev–Trinajstić information content (AvgIpc) is 2.02. The van der Waals surface area contributed by atoms with Crippen molar-refractivity contribution in [3.05, 3.63) is 0 Å². The van der Waals surface area contributed by atoms with Crippen LogP contribution in [0.3, 0.4) is 0 Å². The SMILES string of the molecule is CCNC(C)(C)CCC(=O)OCC. The summed E-state index contributed by atoms with van der Waals surface area (Å²) in [6.07, 6.45) is 1.31. The largest absolute Gasteiger partial charge is 0.466 e. The first kappa shape index (κ1) is 12.4. The van der Waals surface area contributed by atoms with E-state index in [9.17, 15) is 4.79 Å². The Balaban J connectivity index is 3.67. The van der Waals surface area contributed by atoms with Gasteiger partial charge in [0, 0.05) is 12.0 Å². The maximum absolute atomic E-state index is 11.0. The van der Waals surface area contributed by atoms with Crippen molar-refractivity contribution >= 4 is 5.97 Å². The van der Waals surface area contributed by atoms with Crippen LogP contribution < -0.4 is 5.32 Å². The Bertz CT molecular complexity index is 155. The fraction of sp³-hybridized carbons (Fsp3) is 0.900. The predicted molar refractivity (Wildman–Crippen MR) is 53.6 cm³/mol. The molecule has 0 atom stereocenters. The summed E-state index contributed by atoms with van der Waals surface area (Å²) in [7, 11) is 0. The second-order valence-corrected chi connectivity index (χ2v) is 3.72. The first-order valence-corrected chi connectivity index (χ1v) is 4.92. The maximum Gasteiger partial charge on any atom is 0.305 e. The summed E-state index contributed by atoms with van der Waals surface area (Å²) in [5.74, 6) is -0.103. The molecule has 1 N–H and O–H groups in total. The molecule has 13 heavy (non-hydrogen) atoms. The first-order valence-electron chi connectivity index (χ1n) is 4.92. The highest BCUT2D eigenvalue weighted by Crippen LogP contribution is 2.11. The van der Waals surface area contributed by atoms with Crippen molar-refractivity contribution in [3.8, 4) is 0 Å². The van der Waals surface area contributed by atoms with Gasteiger partial charge in [-0.15, -0.1) is 0 Å². The van der Waals surface area contributed by atoms with E-state index in [1.165, 1.54) is 0 Å². The zero-order valence-corrected chi connectivity index (χ0v) is 9.14. The molecule has 0 saturated heterocycles. The zero-order chi connectivity index (χ0) is 10.3. The van der Waals surface area contributed by atoms with Crippen molar-refractivity contribution in [2.75, 3.05) is 13.2 Å². The molecule has 3 nitrogen and oxygen atoms in total. The van der Waals surface area contributed by atoms with E-state index in [-0.39, 0.29) is 11.5 Å². The summed E-state index contributed by atoms with van der Waals surface area (Å²) in [4.78, 5) is 11.0. The normalized spacial score (nSPS) is 11.4. The van der Waals surface area contributed by atoms with E-state index in [0.717, 1.165) is 13.0 Å². The van der Waals surface area contributed by atoms with Crippen LogP contribution in [0.5, 0.6) is 0 Å². The van der Waals surface area contributed by atoms with Crippen molar-refractivity contribution in [1.29, 1.82) is 0 Å². The van der Waals surface area contributed by atoms with Crippen molar-refractivity contribution < 1.29 is 9.53 Å². The minimum atomic E-state index is -0.103. The van der Waals surface area contributed by atoms with Crippen molar-refractivity contribution in [3.63, 3.8) is 0 Å². The number of rotatable bonds is 6. The van der Waals surface area contributed by atoms with E-state index in [2.05, 4.69) is 26.1 Å². The number of nitrogens with one attached hydrogen (secondary N) is 1. The van der Waals surface area contributed by atoms with Crippen LogP contribution in [0.2, 0.25) is 0 Å². The molecule has 0 rings (SSSR count). The second-order valence-electron chi connectivity index (χ2n) is 3.72. The number of hydrogen-bond donors (Lipinski definition) is 1. The van der Waals surface area contributed by atoms with E-state index in [1.54, 1.807) is 0 Å². The molecule has 0 amide bonds. The fourth-order valence-electron chi connectivity index (χ4n) is 1.21. The lowest BCUT2D eigenvalue weighted by Crippen LogP contribution is -2.39. The van der Waals surface area contributed by atoms with Crippen molar-refractivity contribution in [2.24, 2.45) is 0 Å². The van der Waals surface area contributed by atoms with E-state index < -0.39 is 0 Å². The number of ether oxygens (including phenoxy) is 1. The summed E-state index contributed by atoms with van der Waals surface area (Å²) in [6, 6.07) is 0. The maximum atomic E-state index is 11.0. The summed E-state index contributed by atoms with van der Waals surface area (Å²) in [5, 5.41) is 3.31. The van der Waals surface area contributed by atoms with E-state index in [0.29, 0.717) is 13.0 Å². The Hall–Kier alpha value is -0.570. The minimum absolute atomic E-state index is 0.0293. The molecule has 0 bridgehead atoms. The molecule has 0 unspecified atom stereocenters. The molecule has 0 aromatic rings. The molecule has 0 radical (unpaired) electrons. The Morgan fingerprint density at radius 1 is 1.38 bits per heavy atom. The average molecular weight is 187 g/mol. The summed E-state index contributed by atoms with van der Waals surface area (Å²) < 4.78 is 4.85. The van der Waals surface area contributed by atoms with Gasteiger partial charge in [0.1, 0.15) is 0 Å². The Kier molecular flexibility index (Phi) is 5.71. The van der Waals surface area contributed by atoms with Gasteiger partial charge in [0.05, 0.1) is 6.61 Å². The van der Waals surface area contributed by atoms with Crippen LogP contribution in [0.1, 0.15) is 40.5 Å². The van der Waals surface area contributed by atoms with Gasteiger partial charge in [0.25, 0.3) is 0 Å². The van der Waals surface area contributed by atoms with Crippen molar-refractivity contribution in [2.45, 2.75) is 46.1 Å². The molecule has 0 spiro atoms. The smallest absolute Gasteiger partial charge is 0.305 e. The standard InChI is InChI=1S/C10H21NO2/c1-5-11-10(3,4)8-7-9(12)13-6-2/h11H,5-8H2,1-4H3. The number of carbonyl (C=O) groups excluding carboxylic acids is 1. The highest BCUT2D eigenvalue weighted by atomic mass is 16.5. The Morgan fingerprint density at radius 2 is 2.00 bits per heavy atom. The Morgan fingerprint density at radius 3 is 2.46 bits per heavy atom. The van der Waals surface area contributed by atoms with Gasteiger partial charge in [0.15, 0.2) is 0 Å². The quantitative estimate of drug-likeness (QED) is 0.643. The van der Waals surface area contributed by atoms with Gasteiger partial charge in [-0.3, -0.25) is 4.79 Å². The molecule has 0 aliphatic heterocycles. The number of esters is 1. The molecule has 3 heteroatoms. The van der Waals surface area contributed by atoms with Gasteiger partial charge < -0.3 is 10.1 Å². The zero-order valence-electron chi connectivity index (χ0n) is 9.14. The topological polar surface area (TPSA) is 38.3 Å². The molecule has 0 aromatic carbocycles. The van der Waals surface area contributed by atoms with Crippen molar-refractivity contribution in [1.82, 2.24) is 5.32 Å². The van der Waals surface area contributed by atoms with E-state index in [1.807, 2.05) is 6.92 Å². The van der Waals surface area contributed by atoms with Gasteiger partial charge in [0.2, 0.25) is 0 Å². The molecular formula is C10H21NO2. The monoisotopic (exact) mass is 187 g/mol. The van der Waals surface area contributed by atoms with Crippen LogP contribution in [-0.4, -0.2) is 24.7 Å². The summed E-state index contributed by atoms with van der Waals surface area (Å²) in [6.45, 7) is 9.47. The molecule has 0 saturated carbocycles. The molecule has 78 valence electrons. The lowest BCUT2D eigenvalue weighted by Gasteiger charge is -2.25. The first-order chi connectivity index (χ1) is 6.02. The summed E-state index contributed by atoms with van der Waals surface area (Å²) >= 11 is 0. The molecule has 0 aliphatic carbocycles. The molecule has 0 fully saturated rings. The fourth-order valence-corrected chi connectivity index (χ4v) is 1.21. The highest BCUT2D eigenvalue weighted by molar-refractivity contribution is 5.69. The molecule has 0 aliphatic rings. The van der Waals surface area contributed by atoms with Gasteiger partial charge in [-0.2, -0.15) is 0 Å². The van der Waals surface area contributed by atoms with Crippen LogP contribution in [0.25, 0.3) is 0 Å². The third-order valence-corrected chi connectivity index (χ3v) is 1.91. The minimum Gasteiger partial charge on any atom is -0.466 e. The molecule has 0 heterocycles. The van der Waals surface area contributed by atoms with Gasteiger partial charge >= 0.3 is 5.97 Å². The lowest BCUT2D eigenvalue weighted by atomic mass is 9.98. The lowest BCUT2D eigenvalue weighted by molar-refractivity contribution is -0.143. The van der Waals surface area contributed by atoms with Gasteiger partial charge in [-0.25, -0.2) is 0 Å². The second kappa shape index (κ2) is 5.97. The summed E-state index contributed by atoms with van der Waals surface area (Å²) in [5.41, 5.74) is 0.0293. The van der Waals surface area contributed by atoms with Crippen LogP contribution >= 0.6 is 0 Å². The van der Waals surface area contributed by atoms with E-state index >= 15 is 0 Å². The van der Waals surface area contributed by atoms with Crippen LogP contribution in [-0.2, 0) is 9.53 Å². The third kappa shape index (κ3) is 6.58. The number of carbonyl (C=O) groups is 1.